The number of rotatable bonds is 9. The molecule has 0 saturated carbocycles. The summed E-state index contributed by atoms with van der Waals surface area (Å²) in [6.45, 7) is 3.40. The van der Waals surface area contributed by atoms with Crippen molar-refractivity contribution in [3.05, 3.63) is 86.2 Å². The van der Waals surface area contributed by atoms with Crippen molar-refractivity contribution in [2.24, 2.45) is 0 Å². The number of benzene rings is 1. The zero-order valence-electron chi connectivity index (χ0n) is 19.4. The molecule has 10 heteroatoms. The maximum Gasteiger partial charge on any atom is 0.332 e. The van der Waals surface area contributed by atoms with Crippen LogP contribution >= 0.6 is 0 Å². The van der Waals surface area contributed by atoms with Crippen molar-refractivity contribution in [1.82, 2.24) is 19.0 Å². The first-order valence-corrected chi connectivity index (χ1v) is 10.8. The van der Waals surface area contributed by atoms with Gasteiger partial charge < -0.3 is 11.1 Å². The number of Topliss-reactive ketones (excluding diaryl/α,β-unsaturated/α-hetero) is 1. The van der Waals surface area contributed by atoms with Crippen molar-refractivity contribution in [2.45, 2.75) is 26.9 Å². The summed E-state index contributed by atoms with van der Waals surface area (Å²) in [6, 6.07) is 12.7. The molecular weight excluding hydrogens is 436 g/mol. The van der Waals surface area contributed by atoms with Gasteiger partial charge in [-0.15, -0.1) is 0 Å². The van der Waals surface area contributed by atoms with Gasteiger partial charge in [0.2, 0.25) is 5.91 Å². The van der Waals surface area contributed by atoms with Crippen molar-refractivity contribution in [3.8, 4) is 0 Å². The maximum atomic E-state index is 13.1. The Morgan fingerprint density at radius 3 is 2.44 bits per heavy atom. The molecule has 1 aromatic carbocycles. The van der Waals surface area contributed by atoms with E-state index in [0.29, 0.717) is 5.82 Å². The van der Waals surface area contributed by atoms with Gasteiger partial charge in [-0.2, -0.15) is 0 Å². The predicted octanol–water partition coefficient (Wildman–Crippen LogP) is 1.12. The van der Waals surface area contributed by atoms with E-state index in [9.17, 15) is 19.2 Å². The summed E-state index contributed by atoms with van der Waals surface area (Å²) >= 11 is 0. The zero-order valence-corrected chi connectivity index (χ0v) is 19.4. The smallest absolute Gasteiger partial charge is 0.332 e. The molecule has 0 saturated heterocycles. The average Bonchev–Trinajstić information content (AvgIpc) is 2.77. The summed E-state index contributed by atoms with van der Waals surface area (Å²) < 4.78 is 2.21. The van der Waals surface area contributed by atoms with Crippen LogP contribution in [0.4, 0.5) is 11.6 Å². The molecule has 3 N–H and O–H groups in total. The summed E-state index contributed by atoms with van der Waals surface area (Å²) in [7, 11) is 1.58. The molecule has 0 atom stereocenters. The summed E-state index contributed by atoms with van der Waals surface area (Å²) in [6.07, 6.45) is 1.59. The molecule has 0 radical (unpaired) electrons. The highest BCUT2D eigenvalue weighted by Crippen LogP contribution is 2.10. The van der Waals surface area contributed by atoms with Crippen molar-refractivity contribution in [3.63, 3.8) is 0 Å². The first-order valence-electron chi connectivity index (χ1n) is 10.8. The Bertz CT molecular complexity index is 1310. The minimum atomic E-state index is -0.735. The van der Waals surface area contributed by atoms with Gasteiger partial charge in [0.1, 0.15) is 17.2 Å². The number of aromatic nitrogens is 3. The van der Waals surface area contributed by atoms with Crippen LogP contribution in [0, 0.1) is 6.92 Å². The molecule has 0 bridgehead atoms. The van der Waals surface area contributed by atoms with Gasteiger partial charge in [0.25, 0.3) is 5.56 Å². The number of hydrogen-bond acceptors (Lipinski definition) is 7. The monoisotopic (exact) mass is 464 g/mol. The quantitative estimate of drug-likeness (QED) is 0.454. The summed E-state index contributed by atoms with van der Waals surface area (Å²) in [5.74, 6) is -0.708. The number of aryl methyl sites for hydroxylation is 1. The van der Waals surface area contributed by atoms with Crippen LogP contribution in [0.3, 0.4) is 0 Å². The molecule has 34 heavy (non-hydrogen) atoms. The second-order valence-corrected chi connectivity index (χ2v) is 8.03. The Morgan fingerprint density at radius 1 is 1.09 bits per heavy atom. The van der Waals surface area contributed by atoms with Gasteiger partial charge in [0.05, 0.1) is 19.6 Å². The van der Waals surface area contributed by atoms with Gasteiger partial charge in [-0.1, -0.05) is 30.3 Å². The lowest BCUT2D eigenvalue weighted by Crippen LogP contribution is -2.45. The number of hydrogen-bond donors (Lipinski definition) is 2. The lowest BCUT2D eigenvalue weighted by molar-refractivity contribution is -0.116. The van der Waals surface area contributed by atoms with Crippen LogP contribution in [0.2, 0.25) is 0 Å². The highest BCUT2D eigenvalue weighted by Gasteiger charge is 2.24. The Hall–Kier alpha value is -4.05. The molecule has 2 heterocycles. The lowest BCUT2D eigenvalue weighted by Gasteiger charge is -2.18. The van der Waals surface area contributed by atoms with Gasteiger partial charge in [0.15, 0.2) is 5.78 Å². The zero-order chi connectivity index (χ0) is 24.8. The molecule has 0 aliphatic heterocycles. The Balaban J connectivity index is 1.81. The number of carbonyl (C=O) groups is 2. The first-order chi connectivity index (χ1) is 16.2. The van der Waals surface area contributed by atoms with Crippen LogP contribution < -0.4 is 22.3 Å². The van der Waals surface area contributed by atoms with E-state index in [-0.39, 0.29) is 43.5 Å². The predicted molar refractivity (Wildman–Crippen MR) is 130 cm³/mol. The third-order valence-electron chi connectivity index (χ3n) is 5.26. The normalized spacial score (nSPS) is 10.9. The molecule has 1 amide bonds. The van der Waals surface area contributed by atoms with Gasteiger partial charge >= 0.3 is 5.69 Å². The molecule has 0 aliphatic rings. The van der Waals surface area contributed by atoms with E-state index >= 15 is 0 Å². The fourth-order valence-corrected chi connectivity index (χ4v) is 3.59. The third-order valence-corrected chi connectivity index (χ3v) is 5.26. The van der Waals surface area contributed by atoms with Crippen LogP contribution in [0.25, 0.3) is 0 Å². The number of ketones is 1. The van der Waals surface area contributed by atoms with Crippen LogP contribution in [-0.2, 0) is 17.9 Å². The van der Waals surface area contributed by atoms with Crippen molar-refractivity contribution < 1.29 is 9.59 Å². The number of nitrogens with two attached hydrogens (primary N) is 1. The molecular formula is C24H28N6O4. The molecule has 178 valence electrons. The van der Waals surface area contributed by atoms with E-state index in [1.165, 1.54) is 9.47 Å². The molecule has 10 nitrogen and oxygen atoms in total. The minimum absolute atomic E-state index is 0.0920. The number of nitrogens with one attached hydrogen (secondary N) is 1. The number of nitrogen functional groups attached to an aromatic ring is 1. The summed E-state index contributed by atoms with van der Waals surface area (Å²) in [5.41, 5.74) is 6.35. The van der Waals surface area contributed by atoms with E-state index in [2.05, 4.69) is 10.3 Å². The summed E-state index contributed by atoms with van der Waals surface area (Å²) in [4.78, 5) is 56.7. The number of anilines is 2. The Kier molecular flexibility index (Phi) is 7.75. The fourth-order valence-electron chi connectivity index (χ4n) is 3.59. The highest BCUT2D eigenvalue weighted by molar-refractivity contribution is 6.01. The van der Waals surface area contributed by atoms with Gasteiger partial charge in [0, 0.05) is 12.7 Å². The van der Waals surface area contributed by atoms with E-state index in [1.54, 1.807) is 26.2 Å². The Morgan fingerprint density at radius 2 is 1.79 bits per heavy atom. The molecule has 3 aromatic rings. The molecule has 0 aliphatic carbocycles. The number of nitrogens with zero attached hydrogens (tertiary/aromatic N) is 4. The number of amides is 1. The minimum Gasteiger partial charge on any atom is -0.384 e. The Labute approximate surface area is 196 Å². The van der Waals surface area contributed by atoms with Crippen LogP contribution in [-0.4, -0.2) is 50.8 Å². The largest absolute Gasteiger partial charge is 0.384 e. The van der Waals surface area contributed by atoms with Gasteiger partial charge in [-0.3, -0.25) is 28.4 Å². The first kappa shape index (κ1) is 24.6. The third kappa shape index (κ3) is 5.65. The molecule has 0 spiro atoms. The standard InChI is InChI=1S/C24H28N6O4/c1-4-29-23(33)21(22(25)30(24(29)34)13-17-8-6-5-7-9-17)18(31)14-28(3)15-20(32)27-19-12-16(2)10-11-26-19/h5-12H,4,13-15,25H2,1-3H3,(H,26,27,32). The van der Waals surface area contributed by atoms with Crippen molar-refractivity contribution in [1.29, 1.82) is 0 Å². The molecule has 2 aromatic heterocycles. The van der Waals surface area contributed by atoms with E-state index in [0.717, 1.165) is 15.7 Å². The molecule has 0 fully saturated rings. The fraction of sp³-hybridized carbons (Fsp3) is 0.292. The lowest BCUT2D eigenvalue weighted by atomic mass is 10.1. The molecule has 3 rings (SSSR count). The van der Waals surface area contributed by atoms with E-state index in [4.69, 9.17) is 5.73 Å². The van der Waals surface area contributed by atoms with Gasteiger partial charge in [-0.05, 0) is 44.2 Å². The maximum absolute atomic E-state index is 13.1. The van der Waals surface area contributed by atoms with Gasteiger partial charge in [-0.25, -0.2) is 9.78 Å². The van der Waals surface area contributed by atoms with Crippen molar-refractivity contribution >= 4 is 23.3 Å². The topological polar surface area (TPSA) is 132 Å². The van der Waals surface area contributed by atoms with E-state index in [1.807, 2.05) is 43.3 Å². The van der Waals surface area contributed by atoms with Crippen LogP contribution in [0.1, 0.15) is 28.4 Å². The van der Waals surface area contributed by atoms with Crippen molar-refractivity contribution in [2.75, 3.05) is 31.2 Å². The van der Waals surface area contributed by atoms with Crippen LogP contribution in [0.5, 0.6) is 0 Å². The molecule has 0 unspecified atom stereocenters. The second kappa shape index (κ2) is 10.7. The summed E-state index contributed by atoms with van der Waals surface area (Å²) in [5, 5.41) is 2.67. The number of likely N-dealkylation sites (N-methyl/N-ethyl adjacent to an activating group) is 1. The number of carbonyl (C=O) groups excluding carboxylic acids is 2. The highest BCUT2D eigenvalue weighted by atomic mass is 16.2. The average molecular weight is 465 g/mol. The number of pyridine rings is 1. The van der Waals surface area contributed by atoms with E-state index < -0.39 is 17.0 Å². The SMILES string of the molecule is CCn1c(=O)c(C(=O)CN(C)CC(=O)Nc2cc(C)ccn2)c(N)n(Cc2ccccc2)c1=O. The van der Waals surface area contributed by atoms with Crippen LogP contribution in [0.15, 0.2) is 58.3 Å². The second-order valence-electron chi connectivity index (χ2n) is 8.03.